The summed E-state index contributed by atoms with van der Waals surface area (Å²) >= 11 is -0.162. The van der Waals surface area contributed by atoms with Crippen molar-refractivity contribution in [3.8, 4) is 0 Å². The van der Waals surface area contributed by atoms with Crippen molar-refractivity contribution in [1.29, 1.82) is 0 Å². The average molecular weight is 377 g/mol. The van der Waals surface area contributed by atoms with Crippen molar-refractivity contribution in [3.63, 3.8) is 0 Å². The van der Waals surface area contributed by atoms with Gasteiger partial charge < -0.3 is 0 Å². The monoisotopic (exact) mass is 377 g/mol. The standard InChI is InChI=1S/C9H15I2/c1-7-4-8-2-3-9(5-7)11(8)6-10-11/h6-9H,2-5H2,1H3/q-1/t7?,8-,9+. The van der Waals surface area contributed by atoms with Gasteiger partial charge in [0.15, 0.2) is 0 Å². The van der Waals surface area contributed by atoms with Gasteiger partial charge in [-0.25, -0.2) is 0 Å². The summed E-state index contributed by atoms with van der Waals surface area (Å²) in [7, 11) is 0. The molecular weight excluding hydrogens is 362 g/mol. The molecule has 0 aromatic rings. The minimum atomic E-state index is -0.912. The molecule has 2 unspecified atom stereocenters. The zero-order chi connectivity index (χ0) is 7.47. The summed E-state index contributed by atoms with van der Waals surface area (Å²) in [6.07, 6.45) is 6.59. The predicted molar refractivity (Wildman–Crippen MR) is 55.3 cm³/mol. The van der Waals surface area contributed by atoms with Gasteiger partial charge in [0.1, 0.15) is 0 Å². The molecule has 2 saturated heterocycles. The van der Waals surface area contributed by atoms with Gasteiger partial charge in [0.05, 0.1) is 0 Å². The molecule has 3 rings (SSSR count). The van der Waals surface area contributed by atoms with Crippen molar-refractivity contribution in [1.82, 2.24) is 0 Å². The third-order valence-corrected chi connectivity index (χ3v) is 31.9. The van der Waals surface area contributed by atoms with Crippen molar-refractivity contribution in [3.05, 3.63) is 0 Å². The SMILES string of the molecule is CC1C[C@H]2CC[C@@H](C1)[I-]21C=I1. The van der Waals surface area contributed by atoms with E-state index in [1.54, 1.807) is 25.7 Å². The van der Waals surface area contributed by atoms with Crippen LogP contribution in [0.1, 0.15) is 32.6 Å². The number of alkyl halides is 2. The molecule has 3 aliphatic rings. The molecule has 0 radical (unpaired) electrons. The molecule has 2 fully saturated rings. The minimum absolute atomic E-state index is 0.750. The molecule has 3 heterocycles. The summed E-state index contributed by atoms with van der Waals surface area (Å²) in [6.45, 7) is 2.49. The molecule has 2 heteroatoms. The fourth-order valence-corrected chi connectivity index (χ4v) is 38.5. The van der Waals surface area contributed by atoms with E-state index in [9.17, 15) is 0 Å². The Morgan fingerprint density at radius 3 is 2.27 bits per heavy atom. The Bertz CT molecular complexity index is 200. The van der Waals surface area contributed by atoms with E-state index in [0.29, 0.717) is 0 Å². The topological polar surface area (TPSA) is 0 Å². The van der Waals surface area contributed by atoms with Crippen LogP contribution in [0.3, 0.4) is 0 Å². The molecule has 0 aromatic heterocycles. The van der Waals surface area contributed by atoms with E-state index in [-0.39, 0.29) is 0 Å². The van der Waals surface area contributed by atoms with Gasteiger partial charge >= 0.3 is 79.6 Å². The second kappa shape index (κ2) is 2.42. The molecule has 4 atom stereocenters. The molecule has 2 bridgehead atoms. The van der Waals surface area contributed by atoms with E-state index in [0.717, 1.165) is 22.7 Å². The molecule has 11 heavy (non-hydrogen) atoms. The van der Waals surface area contributed by atoms with E-state index < -0.39 is 14.5 Å². The first-order chi connectivity index (χ1) is 5.31. The van der Waals surface area contributed by atoms with E-state index in [1.807, 2.05) is 0 Å². The Kier molecular flexibility index (Phi) is 1.70. The van der Waals surface area contributed by atoms with Crippen molar-refractivity contribution in [2.24, 2.45) is 5.92 Å². The summed E-state index contributed by atoms with van der Waals surface area (Å²) in [5, 5.41) is 0. The summed E-state index contributed by atoms with van der Waals surface area (Å²) < 4.78 is 5.58. The van der Waals surface area contributed by atoms with Crippen LogP contribution in [-0.2, 0) is 0 Å². The summed E-state index contributed by atoms with van der Waals surface area (Å²) in [5.41, 5.74) is 0. The van der Waals surface area contributed by atoms with Gasteiger partial charge in [-0.1, -0.05) is 0 Å². The van der Waals surface area contributed by atoms with Crippen molar-refractivity contribution >= 4 is 18.8 Å². The van der Waals surface area contributed by atoms with Crippen LogP contribution >= 0.6 is 16.8 Å². The molecular formula is C9H15I2-. The molecule has 66 valence electrons. The molecule has 0 nitrogen and oxygen atoms in total. The van der Waals surface area contributed by atoms with Gasteiger partial charge in [-0.3, -0.25) is 0 Å². The van der Waals surface area contributed by atoms with Gasteiger partial charge in [0, 0.05) is 0 Å². The van der Waals surface area contributed by atoms with Gasteiger partial charge in [-0.15, -0.1) is 0 Å². The van der Waals surface area contributed by atoms with Gasteiger partial charge in [-0.05, 0) is 0 Å². The zero-order valence-corrected chi connectivity index (χ0v) is 11.2. The first kappa shape index (κ1) is 7.71. The number of hydrogen-bond donors (Lipinski definition) is 0. The molecule has 1 spiro atoms. The normalized spacial score (nSPS) is 65.4. The Labute approximate surface area is 78.8 Å². The van der Waals surface area contributed by atoms with Crippen molar-refractivity contribution in [2.75, 3.05) is 0 Å². The van der Waals surface area contributed by atoms with Gasteiger partial charge in [-0.2, -0.15) is 0 Å². The first-order valence-corrected chi connectivity index (χ1v) is 15.8. The van der Waals surface area contributed by atoms with E-state index in [1.165, 1.54) is 7.85 Å². The zero-order valence-electron chi connectivity index (χ0n) is 6.89. The van der Waals surface area contributed by atoms with Crippen LogP contribution in [0.25, 0.3) is 0 Å². The fourth-order valence-electron chi connectivity index (χ4n) is 2.73. The average Bonchev–Trinajstić information content (AvgIpc) is 2.66. The number of rotatable bonds is 0. The number of hydrogen-bond acceptors (Lipinski definition) is 0. The Hall–Kier alpha value is 1.33. The Morgan fingerprint density at radius 2 is 1.82 bits per heavy atom. The van der Waals surface area contributed by atoms with Crippen LogP contribution in [0.4, 0.5) is 0 Å². The van der Waals surface area contributed by atoms with Crippen LogP contribution in [-0.4, -0.2) is 9.87 Å². The maximum atomic E-state index is 2.90. The van der Waals surface area contributed by atoms with Crippen molar-refractivity contribution < 1.29 is 14.5 Å². The molecule has 0 saturated carbocycles. The van der Waals surface area contributed by atoms with E-state index in [4.69, 9.17) is 0 Å². The van der Waals surface area contributed by atoms with E-state index >= 15 is 0 Å². The van der Waals surface area contributed by atoms with Crippen LogP contribution in [0.5, 0.6) is 0 Å². The molecule has 0 amide bonds. The summed E-state index contributed by atoms with van der Waals surface area (Å²) in [4.78, 5) is 0. The Morgan fingerprint density at radius 1 is 1.27 bits per heavy atom. The van der Waals surface area contributed by atoms with Crippen LogP contribution < -0.4 is 14.5 Å². The van der Waals surface area contributed by atoms with Crippen LogP contribution in [0.15, 0.2) is 0 Å². The molecule has 0 N–H and O–H groups in total. The van der Waals surface area contributed by atoms with Gasteiger partial charge in [0.2, 0.25) is 0 Å². The summed E-state index contributed by atoms with van der Waals surface area (Å²) in [5.74, 6) is 1.10. The van der Waals surface area contributed by atoms with Crippen LogP contribution in [0, 0.1) is 5.92 Å². The third kappa shape index (κ3) is 1.00. The third-order valence-electron chi connectivity index (χ3n) is 3.33. The quantitative estimate of drug-likeness (QED) is 0.404. The summed E-state index contributed by atoms with van der Waals surface area (Å²) in [6, 6.07) is 0. The first-order valence-electron chi connectivity index (χ1n) is 4.54. The van der Waals surface area contributed by atoms with Crippen LogP contribution in [0.2, 0.25) is 0 Å². The fraction of sp³-hybridized carbons (Fsp3) is 0.889. The second-order valence-electron chi connectivity index (χ2n) is 4.14. The van der Waals surface area contributed by atoms with E-state index in [2.05, 4.69) is 8.94 Å². The predicted octanol–water partition coefficient (Wildman–Crippen LogP) is -0.233. The van der Waals surface area contributed by atoms with Gasteiger partial charge in [0.25, 0.3) is 0 Å². The second-order valence-corrected chi connectivity index (χ2v) is 28.0. The Balaban J connectivity index is 1.91. The van der Waals surface area contributed by atoms with Crippen molar-refractivity contribution in [2.45, 2.75) is 40.5 Å². The molecule has 3 aliphatic heterocycles. The number of halogens is 2. The molecule has 0 aliphatic carbocycles. The maximum absolute atomic E-state index is 2.90. The molecule has 0 aromatic carbocycles.